The van der Waals surface area contributed by atoms with Crippen LogP contribution in [0.25, 0.3) is 0 Å². The van der Waals surface area contributed by atoms with Crippen LogP contribution in [0.1, 0.15) is 111 Å². The number of allylic oxidation sites excluding steroid dienone is 8. The Labute approximate surface area is 222 Å². The molecule has 206 valence electrons. The van der Waals surface area contributed by atoms with E-state index in [0.717, 1.165) is 51.4 Å². The second-order valence-corrected chi connectivity index (χ2v) is 11.0. The molecular formula is C32H55NO3. The molecule has 36 heavy (non-hydrogen) atoms. The van der Waals surface area contributed by atoms with E-state index in [1.807, 2.05) is 0 Å². The van der Waals surface area contributed by atoms with Crippen LogP contribution in [0.4, 0.5) is 0 Å². The molecule has 1 aliphatic rings. The quantitative estimate of drug-likeness (QED) is 0.140. The van der Waals surface area contributed by atoms with E-state index in [1.165, 1.54) is 32.1 Å². The molecule has 1 aliphatic carbocycles. The van der Waals surface area contributed by atoms with Crippen LogP contribution in [0.5, 0.6) is 0 Å². The van der Waals surface area contributed by atoms with Crippen molar-refractivity contribution in [2.45, 2.75) is 123 Å². The maximum Gasteiger partial charge on any atom is 0.220 e. The van der Waals surface area contributed by atoms with Crippen LogP contribution in [-0.4, -0.2) is 36.9 Å². The van der Waals surface area contributed by atoms with Crippen molar-refractivity contribution < 1.29 is 14.6 Å². The van der Waals surface area contributed by atoms with Crippen LogP contribution in [0.15, 0.2) is 48.6 Å². The minimum absolute atomic E-state index is 0.0969. The van der Waals surface area contributed by atoms with Crippen molar-refractivity contribution >= 4 is 5.91 Å². The molecule has 1 rings (SSSR count). The average Bonchev–Trinajstić information content (AvgIpc) is 2.86. The molecule has 0 spiro atoms. The second-order valence-electron chi connectivity index (χ2n) is 11.0. The molecule has 4 heteroatoms. The number of ether oxygens (including phenoxy) is 1. The molecule has 1 fully saturated rings. The van der Waals surface area contributed by atoms with Gasteiger partial charge < -0.3 is 15.2 Å². The van der Waals surface area contributed by atoms with Crippen molar-refractivity contribution in [1.29, 1.82) is 0 Å². The van der Waals surface area contributed by atoms with Gasteiger partial charge in [0, 0.05) is 20.1 Å². The average molecular weight is 502 g/mol. The molecular weight excluding hydrogens is 446 g/mol. The number of unbranched alkanes of at least 4 members (excludes halogenated alkanes) is 4. The van der Waals surface area contributed by atoms with Gasteiger partial charge in [0.1, 0.15) is 0 Å². The topological polar surface area (TPSA) is 58.6 Å². The summed E-state index contributed by atoms with van der Waals surface area (Å²) in [5, 5.41) is 12.9. The van der Waals surface area contributed by atoms with E-state index in [1.54, 1.807) is 7.11 Å². The van der Waals surface area contributed by atoms with Gasteiger partial charge in [-0.15, -0.1) is 0 Å². The number of nitrogens with one attached hydrogen (secondary N) is 1. The van der Waals surface area contributed by atoms with Crippen LogP contribution in [0, 0.1) is 11.3 Å². The Bertz CT molecular complexity index is 677. The highest BCUT2D eigenvalue weighted by molar-refractivity contribution is 5.75. The molecule has 0 radical (unpaired) electrons. The monoisotopic (exact) mass is 501 g/mol. The summed E-state index contributed by atoms with van der Waals surface area (Å²) in [6, 6.07) is 0. The third-order valence-corrected chi connectivity index (χ3v) is 7.09. The van der Waals surface area contributed by atoms with Gasteiger partial charge in [0.15, 0.2) is 0 Å². The molecule has 4 nitrogen and oxygen atoms in total. The van der Waals surface area contributed by atoms with Crippen molar-refractivity contribution in [3.63, 3.8) is 0 Å². The first kappa shape index (κ1) is 32.4. The molecule has 2 N–H and O–H groups in total. The molecule has 1 saturated carbocycles. The van der Waals surface area contributed by atoms with E-state index in [4.69, 9.17) is 4.74 Å². The Morgan fingerprint density at radius 2 is 1.61 bits per heavy atom. The minimum atomic E-state index is -0.366. The van der Waals surface area contributed by atoms with E-state index in [2.05, 4.69) is 74.7 Å². The number of aliphatic hydroxyl groups is 1. The lowest BCUT2D eigenvalue weighted by Gasteiger charge is -2.32. The fourth-order valence-corrected chi connectivity index (χ4v) is 4.67. The van der Waals surface area contributed by atoms with E-state index < -0.39 is 0 Å². The van der Waals surface area contributed by atoms with Crippen LogP contribution < -0.4 is 5.32 Å². The van der Waals surface area contributed by atoms with E-state index >= 15 is 0 Å². The Kier molecular flexibility index (Phi) is 18.4. The molecule has 0 bridgehead atoms. The van der Waals surface area contributed by atoms with Crippen molar-refractivity contribution in [2.24, 2.45) is 11.3 Å². The molecule has 0 aliphatic heterocycles. The fraction of sp³-hybridized carbons (Fsp3) is 0.719. The molecule has 0 heterocycles. The van der Waals surface area contributed by atoms with Gasteiger partial charge in [-0.3, -0.25) is 4.79 Å². The number of methoxy groups -OCH3 is 1. The third-order valence-electron chi connectivity index (χ3n) is 7.09. The highest BCUT2D eigenvalue weighted by Crippen LogP contribution is 2.26. The van der Waals surface area contributed by atoms with Gasteiger partial charge in [-0.1, -0.05) is 95.1 Å². The highest BCUT2D eigenvalue weighted by atomic mass is 16.5. The van der Waals surface area contributed by atoms with E-state index in [-0.39, 0.29) is 18.1 Å². The minimum Gasteiger partial charge on any atom is -0.390 e. The molecule has 3 atom stereocenters. The standard InChI is InChI=1S/C32H55NO3/c1-5-6-7-19-24-32(2,3)25-20-17-15-13-11-9-8-10-12-14-16-18-21-31(35)33-27-28-22-23-29(34)30(26-28)36-4/h8-9,12-15,20,25,28-30,34H,5-7,10-11,16-19,21-24,26-27H2,1-4H3,(H,33,35)/b9-8-,14-12-,15-13-,25-20-. The van der Waals surface area contributed by atoms with Gasteiger partial charge in [0.05, 0.1) is 12.2 Å². The molecule has 0 aromatic carbocycles. The lowest BCUT2D eigenvalue weighted by molar-refractivity contribution is -0.121. The van der Waals surface area contributed by atoms with Crippen LogP contribution in [0.3, 0.4) is 0 Å². The fourth-order valence-electron chi connectivity index (χ4n) is 4.67. The predicted octanol–water partition coefficient (Wildman–Crippen LogP) is 7.84. The zero-order chi connectivity index (χ0) is 26.5. The van der Waals surface area contributed by atoms with E-state index in [0.29, 0.717) is 24.3 Å². The summed E-state index contributed by atoms with van der Waals surface area (Å²) in [5.74, 6) is 0.526. The summed E-state index contributed by atoms with van der Waals surface area (Å²) in [7, 11) is 1.65. The Morgan fingerprint density at radius 1 is 0.944 bits per heavy atom. The van der Waals surface area contributed by atoms with Gasteiger partial charge in [-0.2, -0.15) is 0 Å². The lowest BCUT2D eigenvalue weighted by Crippen LogP contribution is -2.39. The van der Waals surface area contributed by atoms with Gasteiger partial charge in [-0.25, -0.2) is 0 Å². The molecule has 0 aromatic rings. The zero-order valence-electron chi connectivity index (χ0n) is 23.7. The lowest BCUT2D eigenvalue weighted by atomic mass is 9.85. The zero-order valence-corrected chi connectivity index (χ0v) is 23.7. The number of rotatable bonds is 19. The number of carbonyl (C=O) groups excluding carboxylic acids is 1. The van der Waals surface area contributed by atoms with Crippen molar-refractivity contribution in [3.8, 4) is 0 Å². The largest absolute Gasteiger partial charge is 0.390 e. The third kappa shape index (κ3) is 16.9. The number of hydrogen-bond donors (Lipinski definition) is 2. The number of amides is 1. The van der Waals surface area contributed by atoms with Crippen molar-refractivity contribution in [1.82, 2.24) is 5.32 Å². The van der Waals surface area contributed by atoms with Gasteiger partial charge in [-0.05, 0) is 69.1 Å². The van der Waals surface area contributed by atoms with Gasteiger partial charge >= 0.3 is 0 Å². The van der Waals surface area contributed by atoms with Crippen LogP contribution in [0.2, 0.25) is 0 Å². The first-order chi connectivity index (χ1) is 17.4. The van der Waals surface area contributed by atoms with E-state index in [9.17, 15) is 9.90 Å². The highest BCUT2D eigenvalue weighted by Gasteiger charge is 2.29. The first-order valence-electron chi connectivity index (χ1n) is 14.5. The summed E-state index contributed by atoms with van der Waals surface area (Å²) in [5.41, 5.74) is 0.312. The number of hydrogen-bond acceptors (Lipinski definition) is 3. The van der Waals surface area contributed by atoms with Gasteiger partial charge in [0.25, 0.3) is 0 Å². The number of aliphatic hydroxyl groups excluding tert-OH is 1. The van der Waals surface area contributed by atoms with Crippen molar-refractivity contribution in [3.05, 3.63) is 48.6 Å². The van der Waals surface area contributed by atoms with Gasteiger partial charge in [0.2, 0.25) is 5.91 Å². The summed E-state index contributed by atoms with van der Waals surface area (Å²) < 4.78 is 5.34. The predicted molar refractivity (Wildman–Crippen MR) is 154 cm³/mol. The Balaban J connectivity index is 2.02. The number of carbonyl (C=O) groups is 1. The summed E-state index contributed by atoms with van der Waals surface area (Å²) in [6.45, 7) is 7.63. The second kappa shape index (κ2) is 20.4. The molecule has 0 saturated heterocycles. The van der Waals surface area contributed by atoms with Crippen LogP contribution in [-0.2, 0) is 9.53 Å². The smallest absolute Gasteiger partial charge is 0.220 e. The molecule has 0 aromatic heterocycles. The van der Waals surface area contributed by atoms with Crippen molar-refractivity contribution in [2.75, 3.05) is 13.7 Å². The normalized spacial score (nSPS) is 21.4. The molecule has 3 unspecified atom stereocenters. The Morgan fingerprint density at radius 3 is 2.28 bits per heavy atom. The maximum atomic E-state index is 12.1. The van der Waals surface area contributed by atoms with Crippen LogP contribution >= 0.6 is 0 Å². The first-order valence-corrected chi connectivity index (χ1v) is 14.5. The summed E-state index contributed by atoms with van der Waals surface area (Å²) in [6.07, 6.45) is 32.0. The maximum absolute atomic E-state index is 12.1. The molecule has 1 amide bonds. The summed E-state index contributed by atoms with van der Waals surface area (Å²) >= 11 is 0. The Hall–Kier alpha value is -1.65. The summed E-state index contributed by atoms with van der Waals surface area (Å²) in [4.78, 5) is 12.1. The SMILES string of the molecule is CCCCCCC(C)(C)/C=C\C/C=C\C/C=C\C/C=C\CCCC(=O)NCC1CCC(O)C(OC)C1.